The van der Waals surface area contributed by atoms with Crippen molar-refractivity contribution in [1.29, 1.82) is 0 Å². The first-order chi connectivity index (χ1) is 15.6. The smallest absolute Gasteiger partial charge is 0.387 e. The van der Waals surface area contributed by atoms with Crippen LogP contribution in [-0.2, 0) is 24.4 Å². The molecule has 1 saturated heterocycles. The maximum atomic E-state index is 13.1. The number of alkyl halides is 3. The molecular weight excluding hydrogens is 459 g/mol. The number of rotatable bonds is 4. The number of aromatic nitrogens is 3. The molecule has 3 aromatic rings. The predicted octanol–water partition coefficient (Wildman–Crippen LogP) is 3.86. The zero-order valence-corrected chi connectivity index (χ0v) is 18.9. The number of hydrogen-bond acceptors (Lipinski definition) is 4. The number of amides is 1. The van der Waals surface area contributed by atoms with Crippen molar-refractivity contribution in [1.82, 2.24) is 19.0 Å². The molecule has 1 aromatic carbocycles. The molecule has 0 aliphatic carbocycles. The summed E-state index contributed by atoms with van der Waals surface area (Å²) in [6, 6.07) is 4.74. The summed E-state index contributed by atoms with van der Waals surface area (Å²) in [5.41, 5.74) is 1.05. The molecule has 176 valence electrons. The SMILES string of the molecule is CNc1cnc2c(c1)n([C@H]1CCCN(C(=O)Cc3cc(Cl)cc(C(F)(F)F)c3)C1)c(=O)n2C. The first kappa shape index (κ1) is 23.2. The summed E-state index contributed by atoms with van der Waals surface area (Å²) in [5, 5.41) is 2.94. The zero-order chi connectivity index (χ0) is 23.9. The molecule has 3 heterocycles. The van der Waals surface area contributed by atoms with Crippen LogP contribution in [0.3, 0.4) is 0 Å². The Kier molecular flexibility index (Phi) is 6.13. The summed E-state index contributed by atoms with van der Waals surface area (Å²) >= 11 is 5.85. The number of imidazole rings is 1. The van der Waals surface area contributed by atoms with Gasteiger partial charge in [0.2, 0.25) is 5.91 Å². The summed E-state index contributed by atoms with van der Waals surface area (Å²) in [6.07, 6.45) is -1.74. The summed E-state index contributed by atoms with van der Waals surface area (Å²) in [4.78, 5) is 31.9. The van der Waals surface area contributed by atoms with Crippen molar-refractivity contribution in [3.8, 4) is 0 Å². The van der Waals surface area contributed by atoms with Gasteiger partial charge in [-0.05, 0) is 42.7 Å². The second kappa shape index (κ2) is 8.74. The third-order valence-electron chi connectivity index (χ3n) is 5.96. The van der Waals surface area contributed by atoms with E-state index in [1.165, 1.54) is 10.6 Å². The van der Waals surface area contributed by atoms with Crippen LogP contribution in [0.2, 0.25) is 5.02 Å². The Labute approximate surface area is 192 Å². The molecule has 0 bridgehead atoms. The number of anilines is 1. The van der Waals surface area contributed by atoms with Crippen LogP contribution in [0.15, 0.2) is 35.3 Å². The Morgan fingerprint density at radius 3 is 2.73 bits per heavy atom. The molecule has 0 unspecified atom stereocenters. The average Bonchev–Trinajstić information content (AvgIpc) is 3.02. The van der Waals surface area contributed by atoms with Crippen molar-refractivity contribution in [2.45, 2.75) is 31.5 Å². The first-order valence-corrected chi connectivity index (χ1v) is 10.9. The lowest BCUT2D eigenvalue weighted by Gasteiger charge is -2.33. The van der Waals surface area contributed by atoms with Gasteiger partial charge in [0.05, 0.1) is 35.4 Å². The fraction of sp³-hybridized carbons (Fsp3) is 0.409. The van der Waals surface area contributed by atoms with Gasteiger partial charge in [0.1, 0.15) is 0 Å². The third-order valence-corrected chi connectivity index (χ3v) is 6.18. The van der Waals surface area contributed by atoms with Crippen molar-refractivity contribution >= 4 is 34.4 Å². The monoisotopic (exact) mass is 481 g/mol. The van der Waals surface area contributed by atoms with E-state index in [-0.39, 0.29) is 41.2 Å². The molecule has 0 saturated carbocycles. The number of fused-ring (bicyclic) bond motifs is 1. The predicted molar refractivity (Wildman–Crippen MR) is 120 cm³/mol. The number of carbonyl (C=O) groups excluding carboxylic acids is 1. The Hall–Kier alpha value is -3.01. The maximum Gasteiger partial charge on any atom is 0.416 e. The highest BCUT2D eigenvalue weighted by atomic mass is 35.5. The lowest BCUT2D eigenvalue weighted by molar-refractivity contribution is -0.138. The van der Waals surface area contributed by atoms with E-state index in [0.717, 1.165) is 17.8 Å². The molecule has 1 fully saturated rings. The van der Waals surface area contributed by atoms with Gasteiger partial charge in [-0.1, -0.05) is 11.6 Å². The summed E-state index contributed by atoms with van der Waals surface area (Å²) in [5.74, 6) is -0.308. The average molecular weight is 482 g/mol. The molecule has 4 rings (SSSR count). The Morgan fingerprint density at radius 1 is 1.27 bits per heavy atom. The summed E-state index contributed by atoms with van der Waals surface area (Å²) in [6.45, 7) is 0.760. The van der Waals surface area contributed by atoms with Gasteiger partial charge in [-0.25, -0.2) is 9.78 Å². The molecule has 0 radical (unpaired) electrons. The van der Waals surface area contributed by atoms with Crippen LogP contribution in [0.4, 0.5) is 18.9 Å². The second-order valence-electron chi connectivity index (χ2n) is 8.19. The molecule has 1 N–H and O–H groups in total. The molecule has 2 aromatic heterocycles. The van der Waals surface area contributed by atoms with Gasteiger partial charge in [0, 0.05) is 32.2 Å². The Bertz CT molecular complexity index is 1270. The second-order valence-corrected chi connectivity index (χ2v) is 8.62. The minimum atomic E-state index is -4.55. The molecule has 0 spiro atoms. The molecule has 1 aliphatic heterocycles. The van der Waals surface area contributed by atoms with E-state index >= 15 is 0 Å². The molecule has 7 nitrogen and oxygen atoms in total. The number of nitrogens with one attached hydrogen (secondary N) is 1. The lowest BCUT2D eigenvalue weighted by atomic mass is 10.0. The number of piperidine rings is 1. The van der Waals surface area contributed by atoms with E-state index in [0.29, 0.717) is 30.6 Å². The van der Waals surface area contributed by atoms with Crippen LogP contribution >= 0.6 is 11.6 Å². The topological polar surface area (TPSA) is 72.2 Å². The van der Waals surface area contributed by atoms with Crippen LogP contribution in [0.1, 0.15) is 30.0 Å². The van der Waals surface area contributed by atoms with Crippen molar-refractivity contribution < 1.29 is 18.0 Å². The van der Waals surface area contributed by atoms with Gasteiger partial charge in [0.25, 0.3) is 0 Å². The van der Waals surface area contributed by atoms with E-state index in [4.69, 9.17) is 11.6 Å². The van der Waals surface area contributed by atoms with E-state index in [1.807, 2.05) is 6.07 Å². The molecule has 33 heavy (non-hydrogen) atoms. The van der Waals surface area contributed by atoms with Crippen LogP contribution < -0.4 is 11.0 Å². The highest BCUT2D eigenvalue weighted by Gasteiger charge is 2.32. The molecule has 11 heteroatoms. The Morgan fingerprint density at radius 2 is 2.03 bits per heavy atom. The van der Waals surface area contributed by atoms with Gasteiger partial charge in [0.15, 0.2) is 5.65 Å². The van der Waals surface area contributed by atoms with Crippen LogP contribution in [0.5, 0.6) is 0 Å². The largest absolute Gasteiger partial charge is 0.416 e. The van der Waals surface area contributed by atoms with Crippen molar-refractivity contribution in [2.75, 3.05) is 25.5 Å². The minimum Gasteiger partial charge on any atom is -0.387 e. The molecular formula is C22H23ClF3N5O2. The molecule has 1 amide bonds. The number of nitrogens with zero attached hydrogens (tertiary/aromatic N) is 4. The van der Waals surface area contributed by atoms with Gasteiger partial charge < -0.3 is 10.2 Å². The standard InChI is InChI=1S/C22H23ClF3N5O2/c1-27-16-10-18-20(28-11-16)29(2)21(33)31(18)17-4-3-5-30(12-17)19(32)8-13-6-14(22(24,25)26)9-15(23)7-13/h6-7,9-11,17,27H,3-5,8,12H2,1-2H3/t17-/m0/s1. The number of likely N-dealkylation sites (tertiary alicyclic amines) is 1. The van der Waals surface area contributed by atoms with E-state index in [2.05, 4.69) is 10.3 Å². The fourth-order valence-corrected chi connectivity index (χ4v) is 4.58. The van der Waals surface area contributed by atoms with Crippen molar-refractivity contribution in [3.63, 3.8) is 0 Å². The van der Waals surface area contributed by atoms with Gasteiger partial charge in [-0.15, -0.1) is 0 Å². The number of aryl methyl sites for hydroxylation is 1. The fourth-order valence-electron chi connectivity index (χ4n) is 4.32. The number of pyridine rings is 1. The van der Waals surface area contributed by atoms with Gasteiger partial charge in [-0.3, -0.25) is 13.9 Å². The van der Waals surface area contributed by atoms with Gasteiger partial charge >= 0.3 is 11.9 Å². The number of benzene rings is 1. The lowest BCUT2D eigenvalue weighted by Crippen LogP contribution is -2.43. The number of carbonyl (C=O) groups is 1. The summed E-state index contributed by atoms with van der Waals surface area (Å²) in [7, 11) is 3.41. The number of halogens is 4. The van der Waals surface area contributed by atoms with Crippen LogP contribution in [-0.4, -0.2) is 45.1 Å². The highest BCUT2D eigenvalue weighted by Crippen LogP contribution is 2.32. The van der Waals surface area contributed by atoms with Crippen molar-refractivity contribution in [2.24, 2.45) is 7.05 Å². The maximum absolute atomic E-state index is 13.1. The van der Waals surface area contributed by atoms with E-state index in [9.17, 15) is 22.8 Å². The molecule has 1 aliphatic rings. The van der Waals surface area contributed by atoms with E-state index < -0.39 is 11.7 Å². The molecule has 1 atom stereocenters. The van der Waals surface area contributed by atoms with E-state index in [1.54, 1.807) is 29.8 Å². The third kappa shape index (κ3) is 4.57. The van der Waals surface area contributed by atoms with Crippen LogP contribution in [0.25, 0.3) is 11.2 Å². The number of hydrogen-bond donors (Lipinski definition) is 1. The zero-order valence-electron chi connectivity index (χ0n) is 18.1. The first-order valence-electron chi connectivity index (χ1n) is 10.5. The minimum absolute atomic E-state index is 0.0701. The quantitative estimate of drug-likeness (QED) is 0.614. The van der Waals surface area contributed by atoms with Crippen LogP contribution in [0, 0.1) is 0 Å². The highest BCUT2D eigenvalue weighted by molar-refractivity contribution is 6.30. The Balaban J connectivity index is 1.59. The summed E-state index contributed by atoms with van der Waals surface area (Å²) < 4.78 is 42.4. The normalized spacial score (nSPS) is 16.9. The van der Waals surface area contributed by atoms with Crippen molar-refractivity contribution in [3.05, 3.63) is 57.1 Å². The van der Waals surface area contributed by atoms with Gasteiger partial charge in [-0.2, -0.15) is 13.2 Å².